The zero-order valence-corrected chi connectivity index (χ0v) is 14.1. The van der Waals surface area contributed by atoms with E-state index in [0.717, 1.165) is 5.56 Å². The number of nitrogens with one attached hydrogen (secondary N) is 2. The van der Waals surface area contributed by atoms with Crippen LogP contribution in [0.1, 0.15) is 17.0 Å². The molecule has 7 nitrogen and oxygen atoms in total. The van der Waals surface area contributed by atoms with Gasteiger partial charge in [-0.15, -0.1) is 0 Å². The molecule has 0 spiro atoms. The second-order valence-electron chi connectivity index (χ2n) is 5.24. The summed E-state index contributed by atoms with van der Waals surface area (Å²) in [4.78, 5) is 12.2. The largest absolute Gasteiger partial charge is 0.359 e. The molecule has 0 saturated heterocycles. The summed E-state index contributed by atoms with van der Waals surface area (Å²) in [6.07, 6.45) is 0. The molecule has 2 amide bonds. The number of urea groups is 1. The number of rotatable bonds is 3. The van der Waals surface area contributed by atoms with E-state index < -0.39 is 6.03 Å². The summed E-state index contributed by atoms with van der Waals surface area (Å²) in [7, 11) is 0. The molecule has 0 aliphatic rings. The van der Waals surface area contributed by atoms with Crippen LogP contribution in [0.3, 0.4) is 0 Å². The van der Waals surface area contributed by atoms with E-state index in [-0.39, 0.29) is 0 Å². The Morgan fingerprint density at radius 3 is 2.50 bits per heavy atom. The summed E-state index contributed by atoms with van der Waals surface area (Å²) in [5.74, 6) is 0.754. The molecule has 0 aliphatic heterocycles. The summed E-state index contributed by atoms with van der Waals surface area (Å²) in [5.41, 5.74) is 3.04. The Kier molecular flexibility index (Phi) is 4.26. The zero-order valence-electron chi connectivity index (χ0n) is 13.3. The van der Waals surface area contributed by atoms with Crippen LogP contribution in [0.25, 0.3) is 11.3 Å². The highest BCUT2D eigenvalue weighted by atomic mass is 35.5. The molecule has 0 aliphatic carbocycles. The van der Waals surface area contributed by atoms with Crippen LogP contribution < -0.4 is 10.6 Å². The molecule has 2 N–H and O–H groups in total. The Hall–Kier alpha value is -2.80. The van der Waals surface area contributed by atoms with Gasteiger partial charge in [0.25, 0.3) is 0 Å². The quantitative estimate of drug-likeness (QED) is 0.725. The van der Waals surface area contributed by atoms with E-state index in [4.69, 9.17) is 20.6 Å². The molecule has 0 saturated carbocycles. The molecule has 0 unspecified atom stereocenters. The third-order valence-electron chi connectivity index (χ3n) is 3.61. The fourth-order valence-electron chi connectivity index (χ4n) is 2.14. The van der Waals surface area contributed by atoms with Gasteiger partial charge in [0.05, 0.1) is 10.7 Å². The lowest BCUT2D eigenvalue weighted by atomic mass is 10.1. The van der Waals surface area contributed by atoms with Crippen molar-refractivity contribution in [3.63, 3.8) is 0 Å². The number of nitrogens with zero attached hydrogens (tertiary/aromatic N) is 2. The number of hydrogen-bond acceptors (Lipinski definition) is 5. The fraction of sp³-hybridized carbons (Fsp3) is 0.188. The highest BCUT2D eigenvalue weighted by Gasteiger charge is 2.20. The molecule has 3 rings (SSSR count). The van der Waals surface area contributed by atoms with Crippen molar-refractivity contribution in [2.45, 2.75) is 20.8 Å². The van der Waals surface area contributed by atoms with E-state index in [1.807, 2.05) is 12.1 Å². The molecule has 124 valence electrons. The predicted molar refractivity (Wildman–Crippen MR) is 90.3 cm³/mol. The van der Waals surface area contributed by atoms with Gasteiger partial charge in [0.2, 0.25) is 5.88 Å². The van der Waals surface area contributed by atoms with Crippen molar-refractivity contribution in [1.82, 2.24) is 10.3 Å². The smallest absolute Gasteiger partial charge is 0.326 e. The van der Waals surface area contributed by atoms with Gasteiger partial charge < -0.3 is 14.4 Å². The van der Waals surface area contributed by atoms with Crippen molar-refractivity contribution in [3.05, 3.63) is 46.3 Å². The van der Waals surface area contributed by atoms with Gasteiger partial charge >= 0.3 is 6.03 Å². The van der Waals surface area contributed by atoms with Crippen LogP contribution in [0.5, 0.6) is 0 Å². The topological polar surface area (TPSA) is 93.2 Å². The predicted octanol–water partition coefficient (Wildman–Crippen LogP) is 4.55. The van der Waals surface area contributed by atoms with Gasteiger partial charge in [-0.25, -0.2) is 4.79 Å². The van der Waals surface area contributed by atoms with Gasteiger partial charge in [-0.1, -0.05) is 40.1 Å². The molecule has 0 radical (unpaired) electrons. The highest BCUT2D eigenvalue weighted by Crippen LogP contribution is 2.34. The summed E-state index contributed by atoms with van der Waals surface area (Å²) in [6, 6.07) is 6.69. The van der Waals surface area contributed by atoms with Crippen LogP contribution in [0.4, 0.5) is 16.4 Å². The average molecular weight is 347 g/mol. The second-order valence-corrected chi connectivity index (χ2v) is 5.65. The van der Waals surface area contributed by atoms with Crippen molar-refractivity contribution >= 4 is 29.2 Å². The molecule has 0 fully saturated rings. The standard InChI is InChI=1S/C16H15ClN4O3/c1-8-9(2)20-24-15(8)19-16(22)18-13-10(3)23-21-14(13)11-6-4-5-7-12(11)17/h4-7H,1-3H3,(H2,18,19,22). The van der Waals surface area contributed by atoms with Crippen LogP contribution in [0, 0.1) is 20.8 Å². The lowest BCUT2D eigenvalue weighted by molar-refractivity contribution is 0.261. The second kappa shape index (κ2) is 6.37. The molecule has 2 heterocycles. The number of benzene rings is 1. The lowest BCUT2D eigenvalue weighted by Gasteiger charge is -2.07. The Bertz CT molecular complexity index is 901. The van der Waals surface area contributed by atoms with E-state index in [1.54, 1.807) is 32.9 Å². The first kappa shape index (κ1) is 16.1. The van der Waals surface area contributed by atoms with E-state index in [0.29, 0.717) is 39.3 Å². The average Bonchev–Trinajstić information content (AvgIpc) is 3.06. The molecule has 0 bridgehead atoms. The monoisotopic (exact) mass is 346 g/mol. The van der Waals surface area contributed by atoms with Crippen LogP contribution >= 0.6 is 11.6 Å². The fourth-order valence-corrected chi connectivity index (χ4v) is 2.36. The van der Waals surface area contributed by atoms with Crippen molar-refractivity contribution < 1.29 is 13.8 Å². The number of halogens is 1. The molecular weight excluding hydrogens is 332 g/mol. The van der Waals surface area contributed by atoms with Crippen molar-refractivity contribution in [2.24, 2.45) is 0 Å². The number of aromatic nitrogens is 2. The third kappa shape index (κ3) is 2.98. The molecule has 1 aromatic carbocycles. The summed E-state index contributed by atoms with van der Waals surface area (Å²) in [6.45, 7) is 5.30. The first-order valence-electron chi connectivity index (χ1n) is 7.19. The first-order valence-corrected chi connectivity index (χ1v) is 7.57. The van der Waals surface area contributed by atoms with E-state index in [9.17, 15) is 4.79 Å². The molecule has 0 atom stereocenters. The van der Waals surface area contributed by atoms with Gasteiger partial charge in [-0.2, -0.15) is 0 Å². The Balaban J connectivity index is 1.86. The summed E-state index contributed by atoms with van der Waals surface area (Å²) >= 11 is 6.20. The van der Waals surface area contributed by atoms with Crippen LogP contribution in [0.15, 0.2) is 33.3 Å². The maximum atomic E-state index is 12.2. The molecule has 2 aromatic heterocycles. The maximum absolute atomic E-state index is 12.2. The Morgan fingerprint density at radius 1 is 1.08 bits per heavy atom. The maximum Gasteiger partial charge on any atom is 0.326 e. The molecule has 8 heteroatoms. The minimum atomic E-state index is -0.492. The van der Waals surface area contributed by atoms with Gasteiger partial charge in [0, 0.05) is 11.1 Å². The van der Waals surface area contributed by atoms with Crippen molar-refractivity contribution in [3.8, 4) is 11.3 Å². The van der Waals surface area contributed by atoms with E-state index in [2.05, 4.69) is 20.9 Å². The van der Waals surface area contributed by atoms with Crippen LogP contribution in [-0.2, 0) is 0 Å². The molecule has 24 heavy (non-hydrogen) atoms. The van der Waals surface area contributed by atoms with Crippen molar-refractivity contribution in [2.75, 3.05) is 10.6 Å². The zero-order chi connectivity index (χ0) is 17.3. The number of aryl methyl sites for hydroxylation is 2. The van der Waals surface area contributed by atoms with Gasteiger partial charge in [-0.05, 0) is 26.8 Å². The van der Waals surface area contributed by atoms with E-state index in [1.165, 1.54) is 0 Å². The number of carbonyl (C=O) groups is 1. The first-order chi connectivity index (χ1) is 11.5. The van der Waals surface area contributed by atoms with Crippen LogP contribution in [-0.4, -0.2) is 16.3 Å². The van der Waals surface area contributed by atoms with Gasteiger partial charge in [-0.3, -0.25) is 5.32 Å². The molecule has 3 aromatic rings. The summed E-state index contributed by atoms with van der Waals surface area (Å²) < 4.78 is 10.3. The van der Waals surface area contributed by atoms with E-state index >= 15 is 0 Å². The van der Waals surface area contributed by atoms with Crippen LogP contribution in [0.2, 0.25) is 5.02 Å². The minimum absolute atomic E-state index is 0.290. The summed E-state index contributed by atoms with van der Waals surface area (Å²) in [5, 5.41) is 13.6. The molecular formula is C16H15ClN4O3. The Labute approximate surface area is 143 Å². The normalized spacial score (nSPS) is 10.7. The minimum Gasteiger partial charge on any atom is -0.359 e. The van der Waals surface area contributed by atoms with Gasteiger partial charge in [0.15, 0.2) is 5.76 Å². The SMILES string of the molecule is Cc1noc(NC(=O)Nc2c(-c3ccccc3Cl)noc2C)c1C. The number of amides is 2. The lowest BCUT2D eigenvalue weighted by Crippen LogP contribution is -2.20. The number of hydrogen-bond donors (Lipinski definition) is 2. The third-order valence-corrected chi connectivity index (χ3v) is 3.94. The number of anilines is 2. The highest BCUT2D eigenvalue weighted by molar-refractivity contribution is 6.33. The number of carbonyl (C=O) groups excluding carboxylic acids is 1. The Morgan fingerprint density at radius 2 is 1.83 bits per heavy atom. The van der Waals surface area contributed by atoms with Gasteiger partial charge in [0.1, 0.15) is 11.4 Å². The van der Waals surface area contributed by atoms with Crippen molar-refractivity contribution in [1.29, 1.82) is 0 Å².